The lowest BCUT2D eigenvalue weighted by atomic mass is 10.0. The summed E-state index contributed by atoms with van der Waals surface area (Å²) in [7, 11) is 1.30. The smallest absolute Gasteiger partial charge is 0.336 e. The molecule has 20 heavy (non-hydrogen) atoms. The van der Waals surface area contributed by atoms with E-state index in [1.165, 1.54) is 25.3 Å². The monoisotopic (exact) mass is 342 g/mol. The number of carbonyl (C=O) groups is 1. The van der Waals surface area contributed by atoms with E-state index in [4.69, 9.17) is 9.84 Å². The highest BCUT2D eigenvalue weighted by Crippen LogP contribution is 2.32. The summed E-state index contributed by atoms with van der Waals surface area (Å²) in [5, 5.41) is 9.02. The molecule has 2 aromatic rings. The molecule has 0 aliphatic carbocycles. The molecule has 0 atom stereocenters. The zero-order valence-electron chi connectivity index (χ0n) is 10.3. The molecule has 0 aliphatic heterocycles. The summed E-state index contributed by atoms with van der Waals surface area (Å²) in [5.74, 6) is -2.77. The van der Waals surface area contributed by atoms with Crippen molar-refractivity contribution < 1.29 is 23.4 Å². The third-order valence-electron chi connectivity index (χ3n) is 2.74. The summed E-state index contributed by atoms with van der Waals surface area (Å²) in [5.41, 5.74) is -0.221. The average Bonchev–Trinajstić information content (AvgIpc) is 2.39. The largest absolute Gasteiger partial charge is 0.497 e. The van der Waals surface area contributed by atoms with Crippen molar-refractivity contribution >= 4 is 21.9 Å². The first-order chi connectivity index (χ1) is 9.43. The van der Waals surface area contributed by atoms with Crippen LogP contribution in [0, 0.1) is 11.6 Å². The summed E-state index contributed by atoms with van der Waals surface area (Å²) >= 11 is 3.08. The standard InChI is InChI=1S/C14H9BrF2O3/c1-20-8-5-11(16)13(12(17)6-8)7-2-3-10(15)9(4-7)14(18)19/h2-6H,1H3,(H,18,19). The first-order valence-electron chi connectivity index (χ1n) is 5.50. The molecule has 0 unspecified atom stereocenters. The fourth-order valence-electron chi connectivity index (χ4n) is 1.79. The molecular weight excluding hydrogens is 334 g/mol. The summed E-state index contributed by atoms with van der Waals surface area (Å²) in [6.45, 7) is 0. The third kappa shape index (κ3) is 2.65. The number of benzene rings is 2. The molecule has 1 N–H and O–H groups in total. The number of hydrogen-bond acceptors (Lipinski definition) is 2. The Balaban J connectivity index is 2.63. The second-order valence-electron chi connectivity index (χ2n) is 3.97. The molecule has 2 rings (SSSR count). The van der Waals surface area contributed by atoms with Crippen LogP contribution in [0.3, 0.4) is 0 Å². The Kier molecular flexibility index (Phi) is 4.04. The van der Waals surface area contributed by atoms with Crippen LogP contribution in [0.2, 0.25) is 0 Å². The highest BCUT2D eigenvalue weighted by atomic mass is 79.9. The van der Waals surface area contributed by atoms with Gasteiger partial charge in [0.2, 0.25) is 0 Å². The number of hydrogen-bond donors (Lipinski definition) is 1. The average molecular weight is 343 g/mol. The Morgan fingerprint density at radius 1 is 1.20 bits per heavy atom. The first kappa shape index (κ1) is 14.5. The number of halogens is 3. The SMILES string of the molecule is COc1cc(F)c(-c2ccc(Br)c(C(=O)O)c2)c(F)c1. The predicted octanol–water partition coefficient (Wildman–Crippen LogP) is 4.10. The van der Waals surface area contributed by atoms with E-state index in [1.807, 2.05) is 0 Å². The van der Waals surface area contributed by atoms with Crippen molar-refractivity contribution in [3.8, 4) is 16.9 Å². The van der Waals surface area contributed by atoms with Gasteiger partial charge in [-0.05, 0) is 33.6 Å². The number of aromatic carboxylic acids is 1. The lowest BCUT2D eigenvalue weighted by Crippen LogP contribution is -1.99. The Morgan fingerprint density at radius 2 is 1.80 bits per heavy atom. The van der Waals surface area contributed by atoms with Gasteiger partial charge < -0.3 is 9.84 Å². The van der Waals surface area contributed by atoms with Crippen molar-refractivity contribution in [3.63, 3.8) is 0 Å². The second-order valence-corrected chi connectivity index (χ2v) is 4.82. The van der Waals surface area contributed by atoms with Crippen LogP contribution < -0.4 is 4.74 Å². The highest BCUT2D eigenvalue weighted by Gasteiger charge is 2.17. The summed E-state index contributed by atoms with van der Waals surface area (Å²) in [4.78, 5) is 11.0. The zero-order valence-corrected chi connectivity index (χ0v) is 11.9. The number of methoxy groups -OCH3 is 1. The van der Waals surface area contributed by atoms with E-state index in [1.54, 1.807) is 0 Å². The maximum Gasteiger partial charge on any atom is 0.336 e. The van der Waals surface area contributed by atoms with Crippen molar-refractivity contribution in [2.75, 3.05) is 7.11 Å². The van der Waals surface area contributed by atoms with Crippen LogP contribution in [-0.2, 0) is 0 Å². The normalized spacial score (nSPS) is 10.4. The van der Waals surface area contributed by atoms with Gasteiger partial charge >= 0.3 is 5.97 Å². The van der Waals surface area contributed by atoms with E-state index in [0.717, 1.165) is 12.1 Å². The number of rotatable bonds is 3. The molecule has 0 spiro atoms. The van der Waals surface area contributed by atoms with E-state index in [9.17, 15) is 13.6 Å². The lowest BCUT2D eigenvalue weighted by Gasteiger charge is -2.09. The van der Waals surface area contributed by atoms with Crippen molar-refractivity contribution in [1.82, 2.24) is 0 Å². The molecule has 0 heterocycles. The third-order valence-corrected chi connectivity index (χ3v) is 3.43. The molecule has 0 bridgehead atoms. The fourth-order valence-corrected chi connectivity index (χ4v) is 2.20. The van der Waals surface area contributed by atoms with Crippen LogP contribution in [-0.4, -0.2) is 18.2 Å². The molecule has 0 aromatic heterocycles. The van der Waals surface area contributed by atoms with E-state index in [-0.39, 0.29) is 22.4 Å². The Labute approximate surface area is 121 Å². The van der Waals surface area contributed by atoms with Crippen molar-refractivity contribution in [2.24, 2.45) is 0 Å². The molecule has 0 saturated heterocycles. The predicted molar refractivity (Wildman–Crippen MR) is 73.0 cm³/mol. The number of carboxylic acid groups (broad SMARTS) is 1. The van der Waals surface area contributed by atoms with Gasteiger partial charge in [0.1, 0.15) is 17.4 Å². The van der Waals surface area contributed by atoms with E-state index >= 15 is 0 Å². The van der Waals surface area contributed by atoms with Gasteiger partial charge in [-0.25, -0.2) is 13.6 Å². The molecule has 0 aliphatic rings. The van der Waals surface area contributed by atoms with Crippen molar-refractivity contribution in [1.29, 1.82) is 0 Å². The maximum atomic E-state index is 13.9. The van der Waals surface area contributed by atoms with Crippen LogP contribution in [0.15, 0.2) is 34.8 Å². The van der Waals surface area contributed by atoms with Gasteiger partial charge in [0.25, 0.3) is 0 Å². The fraction of sp³-hybridized carbons (Fsp3) is 0.0714. The van der Waals surface area contributed by atoms with Crippen LogP contribution in [0.4, 0.5) is 8.78 Å². The molecule has 0 fully saturated rings. The topological polar surface area (TPSA) is 46.5 Å². The van der Waals surface area contributed by atoms with E-state index < -0.39 is 17.6 Å². The summed E-state index contributed by atoms with van der Waals surface area (Å²) < 4.78 is 33.0. The van der Waals surface area contributed by atoms with Gasteiger partial charge in [0.05, 0.1) is 18.2 Å². The Morgan fingerprint density at radius 3 is 2.30 bits per heavy atom. The number of ether oxygens (including phenoxy) is 1. The highest BCUT2D eigenvalue weighted by molar-refractivity contribution is 9.10. The van der Waals surface area contributed by atoms with Gasteiger partial charge in [-0.15, -0.1) is 0 Å². The van der Waals surface area contributed by atoms with Crippen LogP contribution in [0.25, 0.3) is 11.1 Å². The van der Waals surface area contributed by atoms with Gasteiger partial charge in [0, 0.05) is 16.6 Å². The quantitative estimate of drug-likeness (QED) is 0.913. The molecule has 3 nitrogen and oxygen atoms in total. The molecule has 0 saturated carbocycles. The lowest BCUT2D eigenvalue weighted by molar-refractivity contribution is 0.0696. The summed E-state index contributed by atoms with van der Waals surface area (Å²) in [6.07, 6.45) is 0. The van der Waals surface area contributed by atoms with Crippen LogP contribution in [0.1, 0.15) is 10.4 Å². The van der Waals surface area contributed by atoms with Gasteiger partial charge in [-0.1, -0.05) is 6.07 Å². The molecule has 0 amide bonds. The molecule has 6 heteroatoms. The van der Waals surface area contributed by atoms with Gasteiger partial charge in [0.15, 0.2) is 0 Å². The summed E-state index contributed by atoms with van der Waals surface area (Å²) in [6, 6.07) is 6.16. The van der Waals surface area contributed by atoms with Gasteiger partial charge in [-0.3, -0.25) is 0 Å². The first-order valence-corrected chi connectivity index (χ1v) is 6.29. The zero-order chi connectivity index (χ0) is 14.9. The second kappa shape index (κ2) is 5.58. The Hall–Kier alpha value is -1.95. The minimum absolute atomic E-state index is 0.0549. The minimum Gasteiger partial charge on any atom is -0.497 e. The molecular formula is C14H9BrF2O3. The van der Waals surface area contributed by atoms with Crippen molar-refractivity contribution in [2.45, 2.75) is 0 Å². The molecule has 2 aromatic carbocycles. The molecule has 104 valence electrons. The van der Waals surface area contributed by atoms with E-state index in [0.29, 0.717) is 4.47 Å². The van der Waals surface area contributed by atoms with E-state index in [2.05, 4.69) is 15.9 Å². The van der Waals surface area contributed by atoms with Crippen LogP contribution >= 0.6 is 15.9 Å². The Bertz CT molecular complexity index is 663. The minimum atomic E-state index is -1.19. The van der Waals surface area contributed by atoms with Gasteiger partial charge in [-0.2, -0.15) is 0 Å². The van der Waals surface area contributed by atoms with Crippen molar-refractivity contribution in [3.05, 3.63) is 52.0 Å². The van der Waals surface area contributed by atoms with Crippen LogP contribution in [0.5, 0.6) is 5.75 Å². The maximum absolute atomic E-state index is 13.9. The molecule has 0 radical (unpaired) electrons. The number of carboxylic acids is 1.